The number of hydrogen-bond donors (Lipinski definition) is 1. The number of hydrogen-bond acceptors (Lipinski definition) is 7. The molecule has 0 saturated heterocycles. The van der Waals surface area contributed by atoms with E-state index < -0.39 is 0 Å². The monoisotopic (exact) mass is 456 g/mol. The highest BCUT2D eigenvalue weighted by Gasteiger charge is 2.14. The number of carbonyl (C=O) groups excluding carboxylic acids is 1. The molecule has 0 radical (unpaired) electrons. The van der Waals surface area contributed by atoms with Gasteiger partial charge >= 0.3 is 0 Å². The van der Waals surface area contributed by atoms with Crippen LogP contribution in [0.25, 0.3) is 0 Å². The van der Waals surface area contributed by atoms with Crippen LogP contribution < -0.4 is 19.5 Å². The molecular formula is C24H28N2O5S. The van der Waals surface area contributed by atoms with Crippen molar-refractivity contribution in [2.45, 2.75) is 25.9 Å². The topological polar surface area (TPSA) is 78.9 Å². The lowest BCUT2D eigenvalue weighted by molar-refractivity contribution is 0.0916. The number of carbonyl (C=O) groups is 1. The van der Waals surface area contributed by atoms with Gasteiger partial charge in [-0.25, -0.2) is 4.98 Å². The number of aromatic nitrogens is 1. The minimum atomic E-state index is -0.231. The van der Waals surface area contributed by atoms with Crippen molar-refractivity contribution in [3.8, 4) is 17.2 Å². The number of benzene rings is 2. The Bertz CT molecular complexity index is 1020. The summed E-state index contributed by atoms with van der Waals surface area (Å²) in [5.74, 6) is 1.80. The first-order valence-corrected chi connectivity index (χ1v) is 11.1. The molecule has 0 fully saturated rings. The van der Waals surface area contributed by atoms with Gasteiger partial charge in [-0.2, -0.15) is 0 Å². The standard InChI is InChI=1S/C24H28N2O5S/c1-16(15-28-2)31-20-13-17(8-9-18-6-5-7-21(29-3)22(18)30-4)12-19(14-20)23(27)26-24-25-10-11-32-24/h5-7,10-14,16H,8-9,15H2,1-4H3,(H,25,26,27)/t16-/m0/s1. The Morgan fingerprint density at radius 3 is 2.66 bits per heavy atom. The predicted molar refractivity (Wildman–Crippen MR) is 125 cm³/mol. The van der Waals surface area contributed by atoms with Crippen LogP contribution in [0.2, 0.25) is 0 Å². The molecule has 3 rings (SSSR count). The van der Waals surface area contributed by atoms with E-state index in [1.165, 1.54) is 11.3 Å². The first-order chi connectivity index (χ1) is 15.5. The van der Waals surface area contributed by atoms with E-state index in [0.29, 0.717) is 41.6 Å². The third kappa shape index (κ3) is 6.21. The fourth-order valence-electron chi connectivity index (χ4n) is 3.39. The Labute approximate surface area is 192 Å². The second-order valence-electron chi connectivity index (χ2n) is 7.19. The number of amides is 1. The molecule has 8 heteroatoms. The molecule has 0 aliphatic carbocycles. The molecule has 1 N–H and O–H groups in total. The zero-order chi connectivity index (χ0) is 22.9. The van der Waals surface area contributed by atoms with Gasteiger partial charge in [-0.05, 0) is 55.2 Å². The summed E-state index contributed by atoms with van der Waals surface area (Å²) < 4.78 is 22.1. The number of para-hydroxylation sites is 1. The van der Waals surface area contributed by atoms with Gasteiger partial charge in [-0.15, -0.1) is 11.3 Å². The Kier molecular flexibility index (Phi) is 8.47. The van der Waals surface area contributed by atoms with Crippen molar-refractivity contribution < 1.29 is 23.7 Å². The molecule has 3 aromatic rings. The minimum Gasteiger partial charge on any atom is -0.493 e. The van der Waals surface area contributed by atoms with Gasteiger partial charge in [0.1, 0.15) is 11.9 Å². The quantitative estimate of drug-likeness (QED) is 0.454. The van der Waals surface area contributed by atoms with E-state index in [0.717, 1.165) is 16.9 Å². The molecule has 170 valence electrons. The Hall–Kier alpha value is -3.10. The van der Waals surface area contributed by atoms with Crippen LogP contribution in [0.15, 0.2) is 48.0 Å². The lowest BCUT2D eigenvalue weighted by Crippen LogP contribution is -2.19. The summed E-state index contributed by atoms with van der Waals surface area (Å²) in [6.45, 7) is 2.37. The van der Waals surface area contributed by atoms with Crippen LogP contribution in [0.4, 0.5) is 5.13 Å². The molecule has 0 saturated carbocycles. The zero-order valence-electron chi connectivity index (χ0n) is 18.7. The maximum Gasteiger partial charge on any atom is 0.257 e. The van der Waals surface area contributed by atoms with E-state index >= 15 is 0 Å². The maximum absolute atomic E-state index is 12.8. The molecule has 1 heterocycles. The molecule has 7 nitrogen and oxygen atoms in total. The van der Waals surface area contributed by atoms with E-state index in [9.17, 15) is 4.79 Å². The van der Waals surface area contributed by atoms with Gasteiger partial charge in [0.25, 0.3) is 5.91 Å². The highest BCUT2D eigenvalue weighted by molar-refractivity contribution is 7.13. The third-order valence-corrected chi connectivity index (χ3v) is 5.48. The van der Waals surface area contributed by atoms with E-state index in [4.69, 9.17) is 18.9 Å². The van der Waals surface area contributed by atoms with Crippen LogP contribution >= 0.6 is 11.3 Å². The molecule has 0 bridgehead atoms. The number of ether oxygens (including phenoxy) is 4. The van der Waals surface area contributed by atoms with Gasteiger partial charge < -0.3 is 18.9 Å². The van der Waals surface area contributed by atoms with Gasteiger partial charge in [0.15, 0.2) is 16.6 Å². The molecule has 0 spiro atoms. The first-order valence-electron chi connectivity index (χ1n) is 10.2. The summed E-state index contributed by atoms with van der Waals surface area (Å²) in [7, 11) is 4.88. The van der Waals surface area contributed by atoms with Crippen molar-refractivity contribution in [2.75, 3.05) is 33.3 Å². The van der Waals surface area contributed by atoms with Crippen LogP contribution in [0.1, 0.15) is 28.4 Å². The van der Waals surface area contributed by atoms with E-state index in [1.54, 1.807) is 33.6 Å². The van der Waals surface area contributed by atoms with Gasteiger partial charge in [0.05, 0.1) is 20.8 Å². The number of thiazole rings is 1. The largest absolute Gasteiger partial charge is 0.493 e. The summed E-state index contributed by atoms with van der Waals surface area (Å²) in [5, 5.41) is 5.20. The zero-order valence-corrected chi connectivity index (χ0v) is 19.5. The van der Waals surface area contributed by atoms with Gasteiger partial charge in [-0.1, -0.05) is 12.1 Å². The van der Waals surface area contributed by atoms with Crippen molar-refractivity contribution in [1.29, 1.82) is 0 Å². The summed E-state index contributed by atoms with van der Waals surface area (Å²) in [6, 6.07) is 11.4. The Morgan fingerprint density at radius 2 is 1.97 bits per heavy atom. The summed E-state index contributed by atoms with van der Waals surface area (Å²) in [4.78, 5) is 16.9. The Morgan fingerprint density at radius 1 is 1.12 bits per heavy atom. The van der Waals surface area contributed by atoms with Crippen LogP contribution in [-0.4, -0.2) is 44.9 Å². The van der Waals surface area contributed by atoms with Crippen molar-refractivity contribution in [2.24, 2.45) is 0 Å². The number of nitrogens with one attached hydrogen (secondary N) is 1. The van der Waals surface area contributed by atoms with E-state index in [-0.39, 0.29) is 12.0 Å². The molecule has 1 aromatic heterocycles. The molecule has 1 amide bonds. The minimum absolute atomic E-state index is 0.149. The smallest absolute Gasteiger partial charge is 0.257 e. The second kappa shape index (κ2) is 11.5. The van der Waals surface area contributed by atoms with Crippen molar-refractivity contribution in [3.63, 3.8) is 0 Å². The first kappa shape index (κ1) is 23.6. The van der Waals surface area contributed by atoms with Crippen LogP contribution in [-0.2, 0) is 17.6 Å². The van der Waals surface area contributed by atoms with Gasteiger partial charge in [0.2, 0.25) is 0 Å². The van der Waals surface area contributed by atoms with E-state index in [1.807, 2.05) is 42.6 Å². The lowest BCUT2D eigenvalue weighted by Gasteiger charge is -2.16. The van der Waals surface area contributed by atoms with Crippen LogP contribution in [0.5, 0.6) is 17.2 Å². The molecule has 32 heavy (non-hydrogen) atoms. The molecule has 0 aliphatic rings. The number of rotatable bonds is 11. The fraction of sp³-hybridized carbons (Fsp3) is 0.333. The van der Waals surface area contributed by atoms with Gasteiger partial charge in [0, 0.05) is 24.3 Å². The van der Waals surface area contributed by atoms with Crippen molar-refractivity contribution in [1.82, 2.24) is 4.98 Å². The highest BCUT2D eigenvalue weighted by Crippen LogP contribution is 2.32. The number of aryl methyl sites for hydroxylation is 2. The van der Waals surface area contributed by atoms with Crippen molar-refractivity contribution >= 4 is 22.4 Å². The Balaban J connectivity index is 1.84. The third-order valence-electron chi connectivity index (χ3n) is 4.79. The normalized spacial score (nSPS) is 11.6. The molecule has 2 aromatic carbocycles. The average molecular weight is 457 g/mol. The molecule has 0 aliphatic heterocycles. The molecule has 0 unspecified atom stereocenters. The highest BCUT2D eigenvalue weighted by atomic mass is 32.1. The average Bonchev–Trinajstić information content (AvgIpc) is 3.30. The number of anilines is 1. The predicted octanol–water partition coefficient (Wildman–Crippen LogP) is 4.61. The summed E-state index contributed by atoms with van der Waals surface area (Å²) in [5.41, 5.74) is 2.51. The number of nitrogens with zero attached hydrogens (tertiary/aromatic N) is 1. The van der Waals surface area contributed by atoms with Crippen molar-refractivity contribution in [3.05, 3.63) is 64.7 Å². The van der Waals surface area contributed by atoms with Crippen LogP contribution in [0.3, 0.4) is 0 Å². The van der Waals surface area contributed by atoms with Gasteiger partial charge in [-0.3, -0.25) is 10.1 Å². The molecule has 1 atom stereocenters. The summed E-state index contributed by atoms with van der Waals surface area (Å²) in [6.07, 6.45) is 2.91. The fourth-order valence-corrected chi connectivity index (χ4v) is 3.91. The molecular weight excluding hydrogens is 428 g/mol. The maximum atomic E-state index is 12.8. The lowest BCUT2D eigenvalue weighted by atomic mass is 10.0. The second-order valence-corrected chi connectivity index (χ2v) is 8.09. The van der Waals surface area contributed by atoms with E-state index in [2.05, 4.69) is 10.3 Å². The number of methoxy groups -OCH3 is 3. The SMILES string of the molecule is COC[C@H](C)Oc1cc(CCc2cccc(OC)c2OC)cc(C(=O)Nc2nccs2)c1. The van der Waals surface area contributed by atoms with Crippen LogP contribution in [0, 0.1) is 0 Å². The summed E-state index contributed by atoms with van der Waals surface area (Å²) >= 11 is 1.37.